The number of nitrogens with one attached hydrogen (secondary N) is 3. The lowest BCUT2D eigenvalue weighted by Crippen LogP contribution is -2.36. The SMILES string of the molecule is C.CC1SC(=O)NN=C1c1ccc2c(c1)CCCN2.CC1SC(=O)NN=C1c1ccc2c(c1)CCCN2C(=O)c1ccc(Cl)cc1.O=C(Cl)c1ccc(Cl)cc1. The Morgan fingerprint density at radius 1 is 0.714 bits per heavy atom. The van der Waals surface area contributed by atoms with Gasteiger partial charge in [0.1, 0.15) is 0 Å². The number of hydrazone groups is 2. The summed E-state index contributed by atoms with van der Waals surface area (Å²) in [4.78, 5) is 47.9. The van der Waals surface area contributed by atoms with Crippen molar-refractivity contribution in [1.29, 1.82) is 0 Å². The minimum Gasteiger partial charge on any atom is -0.385 e. The van der Waals surface area contributed by atoms with Crippen molar-refractivity contribution in [3.8, 4) is 0 Å². The summed E-state index contributed by atoms with van der Waals surface area (Å²) in [7, 11) is 0. The minimum atomic E-state index is -0.461. The number of anilines is 2. The Labute approximate surface area is 350 Å². The summed E-state index contributed by atoms with van der Waals surface area (Å²) in [5, 5.41) is 12.4. The Hall–Kier alpha value is -4.33. The summed E-state index contributed by atoms with van der Waals surface area (Å²) in [5.41, 5.74) is 14.7. The third-order valence-electron chi connectivity index (χ3n) is 9.11. The number of rotatable bonds is 4. The average molecular weight is 852 g/mol. The molecule has 0 aromatic heterocycles. The number of carbonyl (C=O) groups is 4. The molecular weight excluding hydrogens is 811 g/mol. The Balaban J connectivity index is 0.000000178. The second-order valence-electron chi connectivity index (χ2n) is 12.9. The van der Waals surface area contributed by atoms with E-state index >= 15 is 0 Å². The van der Waals surface area contributed by atoms with Crippen molar-refractivity contribution in [2.24, 2.45) is 10.2 Å². The molecule has 0 spiro atoms. The third-order valence-corrected chi connectivity index (χ3v) is 11.6. The van der Waals surface area contributed by atoms with Gasteiger partial charge in [-0.1, -0.05) is 66.3 Å². The van der Waals surface area contributed by atoms with Crippen molar-refractivity contribution in [1.82, 2.24) is 10.9 Å². The van der Waals surface area contributed by atoms with Gasteiger partial charge in [-0.25, -0.2) is 10.9 Å². The van der Waals surface area contributed by atoms with Crippen LogP contribution in [0.4, 0.5) is 21.0 Å². The number of halogens is 3. The van der Waals surface area contributed by atoms with Gasteiger partial charge in [-0.3, -0.25) is 19.2 Å². The number of amides is 3. The van der Waals surface area contributed by atoms with Gasteiger partial charge in [-0.15, -0.1) is 0 Å². The summed E-state index contributed by atoms with van der Waals surface area (Å²) >= 11 is 19.2. The fraction of sp³-hybridized carbons (Fsp3) is 0.268. The van der Waals surface area contributed by atoms with Crippen molar-refractivity contribution in [2.45, 2.75) is 57.5 Å². The van der Waals surface area contributed by atoms with Crippen LogP contribution < -0.4 is 21.1 Å². The Morgan fingerprint density at radius 3 is 1.79 bits per heavy atom. The van der Waals surface area contributed by atoms with Crippen LogP contribution in [0.1, 0.15) is 77.1 Å². The van der Waals surface area contributed by atoms with E-state index in [9.17, 15) is 19.2 Å². The molecule has 0 radical (unpaired) electrons. The predicted octanol–water partition coefficient (Wildman–Crippen LogP) is 10.4. The second-order valence-corrected chi connectivity index (χ2v) is 16.7. The van der Waals surface area contributed by atoms with Crippen molar-refractivity contribution >= 4 is 103 Å². The molecule has 0 fully saturated rings. The van der Waals surface area contributed by atoms with Crippen molar-refractivity contribution in [3.05, 3.63) is 128 Å². The first kappa shape index (κ1) is 42.8. The van der Waals surface area contributed by atoms with Crippen LogP contribution in [0.2, 0.25) is 10.0 Å². The third kappa shape index (κ3) is 10.7. The number of fused-ring (bicyclic) bond motifs is 2. The molecule has 3 N–H and O–H groups in total. The highest BCUT2D eigenvalue weighted by atomic mass is 35.5. The zero-order valence-electron chi connectivity index (χ0n) is 29.9. The highest BCUT2D eigenvalue weighted by molar-refractivity contribution is 8.15. The van der Waals surface area contributed by atoms with Crippen LogP contribution in [0.25, 0.3) is 0 Å². The number of benzene rings is 4. The highest BCUT2D eigenvalue weighted by Crippen LogP contribution is 2.32. The average Bonchev–Trinajstić information content (AvgIpc) is 3.18. The predicted molar refractivity (Wildman–Crippen MR) is 234 cm³/mol. The molecule has 0 bridgehead atoms. The molecular formula is C41H41Cl3N6O4S2. The summed E-state index contributed by atoms with van der Waals surface area (Å²) in [5.74, 6) is -0.0217. The first-order chi connectivity index (χ1) is 26.5. The molecule has 0 aliphatic carbocycles. The van der Waals surface area contributed by atoms with Gasteiger partial charge in [0.05, 0.1) is 21.9 Å². The number of hydrogen-bond donors (Lipinski definition) is 3. The lowest BCUT2D eigenvalue weighted by atomic mass is 9.96. The Morgan fingerprint density at radius 2 is 1.23 bits per heavy atom. The topological polar surface area (TPSA) is 132 Å². The Bertz CT molecular complexity index is 2170. The molecule has 8 rings (SSSR count). The van der Waals surface area contributed by atoms with E-state index in [1.54, 1.807) is 48.5 Å². The molecule has 0 saturated heterocycles. The highest BCUT2D eigenvalue weighted by Gasteiger charge is 2.27. The molecule has 10 nitrogen and oxygen atoms in total. The van der Waals surface area contributed by atoms with E-state index in [1.165, 1.54) is 41.2 Å². The maximum atomic E-state index is 13.0. The molecule has 2 unspecified atom stereocenters. The van der Waals surface area contributed by atoms with Crippen LogP contribution in [0.5, 0.6) is 0 Å². The number of thioether (sulfide) groups is 2. The van der Waals surface area contributed by atoms with Crippen LogP contribution in [0.3, 0.4) is 0 Å². The maximum absolute atomic E-state index is 13.0. The van der Waals surface area contributed by atoms with E-state index in [2.05, 4.69) is 50.6 Å². The normalized spacial score (nSPS) is 18.2. The first-order valence-corrected chi connectivity index (χ1v) is 20.5. The van der Waals surface area contributed by atoms with Gasteiger partial charge in [0.15, 0.2) is 0 Å². The van der Waals surface area contributed by atoms with Crippen molar-refractivity contribution < 1.29 is 19.2 Å². The molecule has 15 heteroatoms. The van der Waals surface area contributed by atoms with Crippen LogP contribution in [-0.2, 0) is 12.8 Å². The molecule has 56 heavy (non-hydrogen) atoms. The minimum absolute atomic E-state index is 0. The molecule has 4 aromatic carbocycles. The van der Waals surface area contributed by atoms with E-state index in [0.29, 0.717) is 27.7 Å². The van der Waals surface area contributed by atoms with Gasteiger partial charge in [0.2, 0.25) is 0 Å². The van der Waals surface area contributed by atoms with Gasteiger partial charge in [0, 0.05) is 45.6 Å². The molecule has 4 heterocycles. The smallest absolute Gasteiger partial charge is 0.299 e. The molecule has 4 aliphatic heterocycles. The molecule has 3 amide bonds. The molecule has 4 aliphatic rings. The van der Waals surface area contributed by atoms with E-state index in [4.69, 9.17) is 34.8 Å². The monoisotopic (exact) mass is 850 g/mol. The number of nitrogens with zero attached hydrogens (tertiary/aromatic N) is 3. The number of carbonyl (C=O) groups excluding carboxylic acids is 4. The van der Waals surface area contributed by atoms with E-state index in [1.807, 2.05) is 30.9 Å². The van der Waals surface area contributed by atoms with Gasteiger partial charge in [0.25, 0.3) is 21.6 Å². The van der Waals surface area contributed by atoms with Gasteiger partial charge >= 0.3 is 0 Å². The molecule has 292 valence electrons. The second kappa shape index (κ2) is 19.7. The molecule has 2 atom stereocenters. The Kier molecular flexibility index (Phi) is 15.1. The summed E-state index contributed by atoms with van der Waals surface area (Å²) < 4.78 is 0. The lowest BCUT2D eigenvalue weighted by Gasteiger charge is -2.30. The summed E-state index contributed by atoms with van der Waals surface area (Å²) in [6.07, 6.45) is 4.10. The fourth-order valence-electron chi connectivity index (χ4n) is 6.41. The number of aryl methyl sites for hydroxylation is 2. The fourth-order valence-corrected chi connectivity index (χ4v) is 8.23. The zero-order valence-corrected chi connectivity index (χ0v) is 33.8. The van der Waals surface area contributed by atoms with Crippen LogP contribution in [0.15, 0.2) is 95.1 Å². The van der Waals surface area contributed by atoms with Gasteiger partial charge < -0.3 is 10.2 Å². The van der Waals surface area contributed by atoms with E-state index < -0.39 is 5.24 Å². The molecule has 0 saturated carbocycles. The van der Waals surface area contributed by atoms with E-state index in [-0.39, 0.29) is 34.3 Å². The largest absolute Gasteiger partial charge is 0.385 e. The first-order valence-electron chi connectivity index (χ1n) is 17.6. The van der Waals surface area contributed by atoms with Crippen LogP contribution in [0, 0.1) is 0 Å². The van der Waals surface area contributed by atoms with Crippen LogP contribution >= 0.6 is 58.3 Å². The quantitative estimate of drug-likeness (QED) is 0.174. The molecule has 4 aromatic rings. The van der Waals surface area contributed by atoms with Gasteiger partial charge in [-0.2, -0.15) is 10.2 Å². The zero-order chi connectivity index (χ0) is 39.1. The van der Waals surface area contributed by atoms with E-state index in [0.717, 1.165) is 59.6 Å². The standard InChI is InChI=1S/C20H18ClN3O2S.C13H15N3OS.C7H4Cl2O.CH4/c1-12-18(22-23-20(26)27-12)15-6-9-17-14(11-15)3-2-10-24(17)19(25)13-4-7-16(21)8-5-13;1-8-12(15-16-13(17)18-8)10-4-5-11-9(7-10)3-2-6-14-11;8-6-3-1-5(2-4-6)7(9)10;/h4-9,11-12H,2-3,10H2,1H3,(H,23,26);4-5,7-8,14H,2-3,6H2,1H3,(H,16,17);1-4H;1H4. The van der Waals surface area contributed by atoms with Crippen molar-refractivity contribution in [2.75, 3.05) is 23.3 Å². The summed E-state index contributed by atoms with van der Waals surface area (Å²) in [6, 6.07) is 25.8. The van der Waals surface area contributed by atoms with Crippen molar-refractivity contribution in [3.63, 3.8) is 0 Å². The van der Waals surface area contributed by atoms with Gasteiger partial charge in [-0.05, 0) is 146 Å². The van der Waals surface area contributed by atoms with Crippen LogP contribution in [-0.4, -0.2) is 56.6 Å². The number of hydrogen-bond acceptors (Lipinski definition) is 9. The maximum Gasteiger partial charge on any atom is 0.299 e. The lowest BCUT2D eigenvalue weighted by molar-refractivity contribution is 0.0984. The summed E-state index contributed by atoms with van der Waals surface area (Å²) in [6.45, 7) is 5.73.